The molecule has 1 fully saturated rings. The number of anilines is 2. The number of carbonyl (C=O) groups excluding carboxylic acids is 2. The molecule has 0 unspecified atom stereocenters. The molecule has 142 valence electrons. The van der Waals surface area contributed by atoms with Crippen molar-refractivity contribution in [2.75, 3.05) is 30.4 Å². The number of para-hydroxylation sites is 1. The second-order valence-electron chi connectivity index (χ2n) is 6.82. The lowest BCUT2D eigenvalue weighted by Crippen LogP contribution is -2.28. The van der Waals surface area contributed by atoms with Gasteiger partial charge in [0.15, 0.2) is 0 Å². The van der Waals surface area contributed by atoms with Crippen molar-refractivity contribution in [3.8, 4) is 0 Å². The van der Waals surface area contributed by atoms with Crippen LogP contribution >= 0.6 is 0 Å². The zero-order valence-electron chi connectivity index (χ0n) is 15.4. The molecule has 3 rings (SSSR count). The second kappa shape index (κ2) is 8.66. The fourth-order valence-electron chi connectivity index (χ4n) is 2.80. The molecule has 0 aliphatic heterocycles. The molecule has 6 heteroatoms. The third kappa shape index (κ3) is 5.29. The summed E-state index contributed by atoms with van der Waals surface area (Å²) in [6.07, 6.45) is 2.61. The van der Waals surface area contributed by atoms with E-state index in [1.165, 1.54) is 6.07 Å². The Labute approximate surface area is 158 Å². The molecule has 1 aliphatic rings. The van der Waals surface area contributed by atoms with E-state index < -0.39 is 0 Å². The molecule has 2 aromatic carbocycles. The van der Waals surface area contributed by atoms with Gasteiger partial charge in [-0.05, 0) is 55.7 Å². The van der Waals surface area contributed by atoms with Gasteiger partial charge >= 0.3 is 0 Å². The van der Waals surface area contributed by atoms with E-state index in [1.54, 1.807) is 42.5 Å². The van der Waals surface area contributed by atoms with Gasteiger partial charge in [-0.25, -0.2) is 4.39 Å². The number of carbonyl (C=O) groups is 2. The van der Waals surface area contributed by atoms with Crippen LogP contribution in [-0.4, -0.2) is 32.0 Å². The quantitative estimate of drug-likeness (QED) is 0.701. The van der Waals surface area contributed by atoms with Crippen molar-refractivity contribution < 1.29 is 14.0 Å². The summed E-state index contributed by atoms with van der Waals surface area (Å²) in [6, 6.07) is 13.5. The lowest BCUT2D eigenvalue weighted by atomic mass is 10.2. The largest absolute Gasteiger partial charge is 0.372 e. The van der Waals surface area contributed by atoms with Crippen LogP contribution in [0.15, 0.2) is 48.5 Å². The molecule has 0 radical (unpaired) electrons. The number of amides is 2. The number of hydrogen-bond donors (Lipinski definition) is 2. The van der Waals surface area contributed by atoms with Crippen molar-refractivity contribution in [2.24, 2.45) is 5.92 Å². The molecule has 2 N–H and O–H groups in total. The normalized spacial score (nSPS) is 13.1. The molecular formula is C21H24FN3O2. The molecule has 1 saturated carbocycles. The van der Waals surface area contributed by atoms with Gasteiger partial charge < -0.3 is 15.5 Å². The first-order valence-corrected chi connectivity index (χ1v) is 9.19. The lowest BCUT2D eigenvalue weighted by Gasteiger charge is -2.19. The van der Waals surface area contributed by atoms with Gasteiger partial charge in [0.1, 0.15) is 5.82 Å². The number of hydrogen-bond acceptors (Lipinski definition) is 3. The average molecular weight is 369 g/mol. The van der Waals surface area contributed by atoms with Crippen molar-refractivity contribution >= 4 is 23.2 Å². The summed E-state index contributed by atoms with van der Waals surface area (Å²) in [5.74, 6) is -0.219. The summed E-state index contributed by atoms with van der Waals surface area (Å²) in [6.45, 7) is 1.13. The fraction of sp³-hybridized carbons (Fsp3) is 0.333. The average Bonchev–Trinajstić information content (AvgIpc) is 3.51. The van der Waals surface area contributed by atoms with E-state index in [9.17, 15) is 14.0 Å². The van der Waals surface area contributed by atoms with Crippen molar-refractivity contribution in [1.29, 1.82) is 0 Å². The third-order valence-corrected chi connectivity index (χ3v) is 4.58. The minimum atomic E-state index is -0.252. The van der Waals surface area contributed by atoms with Crippen LogP contribution in [0.5, 0.6) is 0 Å². The van der Waals surface area contributed by atoms with Crippen LogP contribution in [0.4, 0.5) is 15.8 Å². The Morgan fingerprint density at radius 1 is 1.11 bits per heavy atom. The van der Waals surface area contributed by atoms with Crippen molar-refractivity contribution in [3.05, 3.63) is 59.9 Å². The number of halogens is 1. The summed E-state index contributed by atoms with van der Waals surface area (Å²) in [5, 5.41) is 5.71. The highest BCUT2D eigenvalue weighted by Crippen LogP contribution is 2.30. The van der Waals surface area contributed by atoms with Gasteiger partial charge in [-0.15, -0.1) is 0 Å². The maximum absolute atomic E-state index is 13.7. The van der Waals surface area contributed by atoms with Crippen molar-refractivity contribution in [1.82, 2.24) is 5.32 Å². The van der Waals surface area contributed by atoms with E-state index in [4.69, 9.17) is 0 Å². The van der Waals surface area contributed by atoms with Crippen LogP contribution in [0.25, 0.3) is 0 Å². The first-order chi connectivity index (χ1) is 13.0. The maximum atomic E-state index is 13.7. The molecule has 27 heavy (non-hydrogen) atoms. The number of rotatable bonds is 8. The summed E-state index contributed by atoms with van der Waals surface area (Å²) in [5.41, 5.74) is 1.80. The van der Waals surface area contributed by atoms with Crippen LogP contribution in [0, 0.1) is 11.7 Å². The van der Waals surface area contributed by atoms with Crippen molar-refractivity contribution in [2.45, 2.75) is 19.3 Å². The Hall–Kier alpha value is -2.89. The highest BCUT2D eigenvalue weighted by atomic mass is 19.1. The van der Waals surface area contributed by atoms with Crippen LogP contribution in [0.2, 0.25) is 0 Å². The van der Waals surface area contributed by atoms with Gasteiger partial charge in [0.25, 0.3) is 5.91 Å². The Kier molecular flexibility index (Phi) is 6.06. The fourth-order valence-corrected chi connectivity index (χ4v) is 2.80. The van der Waals surface area contributed by atoms with E-state index in [2.05, 4.69) is 10.6 Å². The third-order valence-electron chi connectivity index (χ3n) is 4.58. The molecule has 2 aromatic rings. The first-order valence-electron chi connectivity index (χ1n) is 9.19. The zero-order chi connectivity index (χ0) is 19.2. The van der Waals surface area contributed by atoms with Crippen LogP contribution < -0.4 is 15.5 Å². The Balaban J connectivity index is 1.41. The monoisotopic (exact) mass is 369 g/mol. The lowest BCUT2D eigenvalue weighted by molar-refractivity contribution is -0.117. The Morgan fingerprint density at radius 2 is 1.81 bits per heavy atom. The van der Waals surface area contributed by atoms with Crippen LogP contribution in [0.1, 0.15) is 29.6 Å². The minimum absolute atomic E-state index is 0.0474. The van der Waals surface area contributed by atoms with Gasteiger partial charge in [-0.2, -0.15) is 0 Å². The molecule has 0 heterocycles. The molecule has 0 bridgehead atoms. The predicted molar refractivity (Wildman–Crippen MR) is 104 cm³/mol. The van der Waals surface area contributed by atoms with Gasteiger partial charge in [-0.3, -0.25) is 9.59 Å². The zero-order valence-corrected chi connectivity index (χ0v) is 15.4. The second-order valence-corrected chi connectivity index (χ2v) is 6.82. The molecule has 2 amide bonds. The van der Waals surface area contributed by atoms with Crippen LogP contribution in [-0.2, 0) is 4.79 Å². The summed E-state index contributed by atoms with van der Waals surface area (Å²) < 4.78 is 13.7. The number of nitrogens with zero attached hydrogens (tertiary/aromatic N) is 1. The predicted octanol–water partition coefficient (Wildman–Crippen LogP) is 3.43. The standard InChI is InChI=1S/C21H24FN3O2/c1-25(19-6-3-2-5-18(19)22)14-4-13-23-20(26)15-9-11-17(12-10-15)24-21(27)16-7-8-16/h2-3,5-6,9-12,16H,4,7-8,13-14H2,1H3,(H,23,26)(H,24,27). The van der Waals surface area contributed by atoms with Crippen LogP contribution in [0.3, 0.4) is 0 Å². The smallest absolute Gasteiger partial charge is 0.251 e. The number of benzene rings is 2. The van der Waals surface area contributed by atoms with Gasteiger partial charge in [0.2, 0.25) is 5.91 Å². The van der Waals surface area contributed by atoms with Gasteiger partial charge in [-0.1, -0.05) is 12.1 Å². The Morgan fingerprint density at radius 3 is 2.48 bits per heavy atom. The van der Waals surface area contributed by atoms with E-state index in [-0.39, 0.29) is 23.5 Å². The molecule has 0 atom stereocenters. The first kappa shape index (κ1) is 18.9. The molecule has 0 saturated heterocycles. The SMILES string of the molecule is CN(CCCNC(=O)c1ccc(NC(=O)C2CC2)cc1)c1ccccc1F. The highest BCUT2D eigenvalue weighted by Gasteiger charge is 2.29. The molecule has 0 aromatic heterocycles. The van der Waals surface area contributed by atoms with Crippen molar-refractivity contribution in [3.63, 3.8) is 0 Å². The Bertz CT molecular complexity index is 803. The highest BCUT2D eigenvalue weighted by molar-refractivity contribution is 5.96. The number of nitrogens with one attached hydrogen (secondary N) is 2. The van der Waals surface area contributed by atoms with E-state index in [0.717, 1.165) is 12.8 Å². The van der Waals surface area contributed by atoms with E-state index >= 15 is 0 Å². The van der Waals surface area contributed by atoms with E-state index in [0.29, 0.717) is 36.4 Å². The summed E-state index contributed by atoms with van der Waals surface area (Å²) >= 11 is 0. The maximum Gasteiger partial charge on any atom is 0.251 e. The van der Waals surface area contributed by atoms with Gasteiger partial charge in [0, 0.05) is 37.3 Å². The summed E-state index contributed by atoms with van der Waals surface area (Å²) in [4.78, 5) is 25.8. The van der Waals surface area contributed by atoms with E-state index in [1.807, 2.05) is 11.9 Å². The minimum Gasteiger partial charge on any atom is -0.372 e. The molecule has 1 aliphatic carbocycles. The summed E-state index contributed by atoms with van der Waals surface area (Å²) in [7, 11) is 1.83. The molecule has 0 spiro atoms. The molecule has 5 nitrogen and oxygen atoms in total. The molecular weight excluding hydrogens is 345 g/mol. The topological polar surface area (TPSA) is 61.4 Å². The van der Waals surface area contributed by atoms with Gasteiger partial charge in [0.05, 0.1) is 5.69 Å².